The Labute approximate surface area is 109 Å². The van der Waals surface area contributed by atoms with Crippen molar-refractivity contribution < 1.29 is 23.1 Å². The smallest absolute Gasteiger partial charge is 0.442 e. The lowest BCUT2D eigenvalue weighted by Gasteiger charge is -2.34. The van der Waals surface area contributed by atoms with Crippen molar-refractivity contribution in [3.63, 3.8) is 0 Å². The summed E-state index contributed by atoms with van der Waals surface area (Å²) in [6, 6.07) is 0. The van der Waals surface area contributed by atoms with Crippen LogP contribution in [0.3, 0.4) is 0 Å². The number of hydrogen-bond acceptors (Lipinski definition) is 6. The fraction of sp³-hybridized carbons (Fsp3) is 0.778. The fourth-order valence-corrected chi connectivity index (χ4v) is 5.58. The molecular weight excluding hydrogens is 275 g/mol. The molecule has 7 nitrogen and oxygen atoms in total. The Kier molecular flexibility index (Phi) is 6.76. The summed E-state index contributed by atoms with van der Waals surface area (Å²) in [7, 11) is -3.09. The van der Waals surface area contributed by atoms with Crippen LogP contribution in [0.2, 0.25) is 19.6 Å². The Morgan fingerprint density at radius 1 is 1.33 bits per heavy atom. The topological polar surface area (TPSA) is 77.4 Å². The fourth-order valence-electron chi connectivity index (χ4n) is 1.11. The van der Waals surface area contributed by atoms with Crippen molar-refractivity contribution in [1.82, 2.24) is 4.44 Å². The van der Waals surface area contributed by atoms with Crippen LogP contribution in [0.5, 0.6) is 0 Å². The SMILES string of the molecule is CCOC(=O)/C=N/N([Si](C)(C)C)P(=O)(OC)OC. The summed E-state index contributed by atoms with van der Waals surface area (Å²) in [5, 5.41) is 3.91. The first-order valence-electron chi connectivity index (χ1n) is 5.44. The predicted molar refractivity (Wildman–Crippen MR) is 71.9 cm³/mol. The quantitative estimate of drug-likeness (QED) is 0.235. The minimum Gasteiger partial charge on any atom is -0.462 e. The van der Waals surface area contributed by atoms with E-state index in [9.17, 15) is 9.36 Å². The molecule has 0 rings (SSSR count). The summed E-state index contributed by atoms with van der Waals surface area (Å²) >= 11 is 0. The standard InChI is InChI=1S/C9H21N2O5PSi/c1-7-16-9(12)8-10-11(18(4,5)6)17(13,14-2)15-3/h8H,7H2,1-6H3/b10-8+. The number of carbonyl (C=O) groups is 1. The third-order valence-electron chi connectivity index (χ3n) is 1.85. The van der Waals surface area contributed by atoms with Gasteiger partial charge in [0.1, 0.15) is 6.21 Å². The van der Waals surface area contributed by atoms with Crippen molar-refractivity contribution in [2.75, 3.05) is 20.8 Å². The molecule has 0 bridgehead atoms. The van der Waals surface area contributed by atoms with Crippen molar-refractivity contribution in [2.45, 2.75) is 26.6 Å². The second-order valence-corrected chi connectivity index (χ2v) is 11.5. The number of ether oxygens (including phenoxy) is 1. The Morgan fingerprint density at radius 3 is 2.17 bits per heavy atom. The number of rotatable bonds is 7. The average Bonchev–Trinajstić information content (AvgIpc) is 2.27. The van der Waals surface area contributed by atoms with Crippen LogP contribution >= 0.6 is 7.75 Å². The highest BCUT2D eigenvalue weighted by Crippen LogP contribution is 2.53. The zero-order chi connectivity index (χ0) is 14.4. The Bertz CT molecular complexity index is 347. The molecule has 0 amide bonds. The van der Waals surface area contributed by atoms with E-state index in [2.05, 4.69) is 5.10 Å². The van der Waals surface area contributed by atoms with Crippen molar-refractivity contribution in [3.8, 4) is 0 Å². The van der Waals surface area contributed by atoms with Crippen LogP contribution in [0, 0.1) is 0 Å². The van der Waals surface area contributed by atoms with Crippen LogP contribution in [0.15, 0.2) is 5.10 Å². The van der Waals surface area contributed by atoms with Gasteiger partial charge in [0.15, 0.2) is 8.24 Å². The first kappa shape index (κ1) is 17.3. The molecule has 0 saturated heterocycles. The maximum atomic E-state index is 12.3. The van der Waals surface area contributed by atoms with Crippen LogP contribution in [0.25, 0.3) is 0 Å². The van der Waals surface area contributed by atoms with Crippen LogP contribution in [0.1, 0.15) is 6.92 Å². The van der Waals surface area contributed by atoms with Gasteiger partial charge < -0.3 is 4.74 Å². The molecule has 0 fully saturated rings. The zero-order valence-electron chi connectivity index (χ0n) is 11.7. The Hall–Kier alpha value is -0.693. The molecule has 0 unspecified atom stereocenters. The Balaban J connectivity index is 5.16. The first-order chi connectivity index (χ1) is 8.21. The highest BCUT2D eigenvalue weighted by Gasteiger charge is 2.40. The molecule has 106 valence electrons. The average molecular weight is 296 g/mol. The number of hydrazone groups is 1. The largest absolute Gasteiger partial charge is 0.462 e. The second kappa shape index (κ2) is 7.03. The lowest BCUT2D eigenvalue weighted by molar-refractivity contribution is -0.134. The highest BCUT2D eigenvalue weighted by atomic mass is 31.2. The van der Waals surface area contributed by atoms with Crippen LogP contribution in [-0.2, 0) is 23.1 Å². The van der Waals surface area contributed by atoms with Crippen molar-refractivity contribution in [3.05, 3.63) is 0 Å². The van der Waals surface area contributed by atoms with Crippen molar-refractivity contribution >= 4 is 28.2 Å². The van der Waals surface area contributed by atoms with Gasteiger partial charge in [-0.15, -0.1) is 0 Å². The molecule has 0 aliphatic heterocycles. The van der Waals surface area contributed by atoms with Gasteiger partial charge in [-0.1, -0.05) is 0 Å². The van der Waals surface area contributed by atoms with Gasteiger partial charge >= 0.3 is 13.7 Å². The van der Waals surface area contributed by atoms with Crippen molar-refractivity contribution in [2.24, 2.45) is 5.10 Å². The van der Waals surface area contributed by atoms with E-state index in [4.69, 9.17) is 13.8 Å². The van der Waals surface area contributed by atoms with Crippen LogP contribution in [-0.4, -0.2) is 45.7 Å². The molecule has 0 saturated carbocycles. The number of carbonyl (C=O) groups excluding carboxylic acids is 1. The van der Waals surface area contributed by atoms with E-state index in [0.29, 0.717) is 0 Å². The normalized spacial score (nSPS) is 12.8. The summed E-state index contributed by atoms with van der Waals surface area (Å²) in [6.07, 6.45) is 0.979. The molecule has 18 heavy (non-hydrogen) atoms. The van der Waals surface area contributed by atoms with Crippen LogP contribution < -0.4 is 0 Å². The summed E-state index contributed by atoms with van der Waals surface area (Å²) in [5.41, 5.74) is 0. The highest BCUT2D eigenvalue weighted by molar-refractivity contribution is 7.53. The summed E-state index contributed by atoms with van der Waals surface area (Å²) < 4.78 is 28.1. The van der Waals surface area contributed by atoms with Gasteiger partial charge in [0.2, 0.25) is 0 Å². The van der Waals surface area contributed by atoms with Gasteiger partial charge in [-0.25, -0.2) is 13.8 Å². The molecular formula is C9H21N2O5PSi. The van der Waals surface area contributed by atoms with Gasteiger partial charge in [-0.2, -0.15) is 5.10 Å². The lowest BCUT2D eigenvalue weighted by Crippen LogP contribution is -2.40. The molecule has 0 radical (unpaired) electrons. The molecule has 0 aromatic heterocycles. The molecule has 0 heterocycles. The van der Waals surface area contributed by atoms with Gasteiger partial charge in [0.05, 0.1) is 6.61 Å². The Morgan fingerprint density at radius 2 is 1.83 bits per heavy atom. The van der Waals surface area contributed by atoms with Gasteiger partial charge in [0.25, 0.3) is 0 Å². The number of hydrogen-bond donors (Lipinski definition) is 0. The predicted octanol–water partition coefficient (Wildman–Crippen LogP) is 2.07. The molecule has 9 heteroatoms. The maximum absolute atomic E-state index is 12.3. The molecule has 0 atom stereocenters. The monoisotopic (exact) mass is 296 g/mol. The third-order valence-corrected chi connectivity index (χ3v) is 7.19. The summed E-state index contributed by atoms with van der Waals surface area (Å²) in [6.45, 7) is 7.65. The van der Waals surface area contributed by atoms with E-state index in [1.165, 1.54) is 18.7 Å². The molecule has 0 aliphatic carbocycles. The van der Waals surface area contributed by atoms with E-state index < -0.39 is 22.0 Å². The second-order valence-electron chi connectivity index (χ2n) is 4.29. The number of nitrogens with zero attached hydrogens (tertiary/aromatic N) is 2. The minimum atomic E-state index is -3.50. The van der Waals surface area contributed by atoms with E-state index in [-0.39, 0.29) is 6.61 Å². The van der Waals surface area contributed by atoms with Crippen molar-refractivity contribution in [1.29, 1.82) is 0 Å². The van der Waals surface area contributed by atoms with E-state index in [1.54, 1.807) is 6.92 Å². The molecule has 0 aromatic rings. The van der Waals surface area contributed by atoms with E-state index in [1.807, 2.05) is 19.6 Å². The van der Waals surface area contributed by atoms with Gasteiger partial charge in [-0.3, -0.25) is 9.05 Å². The third kappa shape index (κ3) is 4.89. The van der Waals surface area contributed by atoms with E-state index in [0.717, 1.165) is 6.21 Å². The lowest BCUT2D eigenvalue weighted by atomic mass is 10.7. The summed E-state index contributed by atoms with van der Waals surface area (Å²) in [4.78, 5) is 11.2. The van der Waals surface area contributed by atoms with Gasteiger partial charge in [-0.05, 0) is 26.6 Å². The van der Waals surface area contributed by atoms with Gasteiger partial charge in [0, 0.05) is 14.2 Å². The minimum absolute atomic E-state index is 0.254. The summed E-state index contributed by atoms with van der Waals surface area (Å²) in [5.74, 6) is -0.598. The number of esters is 1. The molecule has 0 aliphatic rings. The van der Waals surface area contributed by atoms with E-state index >= 15 is 0 Å². The maximum Gasteiger partial charge on any atom is 0.442 e. The first-order valence-corrected chi connectivity index (χ1v) is 10.4. The zero-order valence-corrected chi connectivity index (χ0v) is 13.6. The molecule has 0 N–H and O–H groups in total. The molecule has 0 aromatic carbocycles. The van der Waals surface area contributed by atoms with Crippen LogP contribution in [0.4, 0.5) is 0 Å². The molecule has 0 spiro atoms.